The van der Waals surface area contributed by atoms with E-state index in [2.05, 4.69) is 9.72 Å². The van der Waals surface area contributed by atoms with Gasteiger partial charge in [0.25, 0.3) is 0 Å². The van der Waals surface area contributed by atoms with E-state index in [9.17, 15) is 9.59 Å². The number of aryl methyl sites for hydroxylation is 1. The second-order valence-corrected chi connectivity index (χ2v) is 3.33. The maximum atomic E-state index is 11.4. The van der Waals surface area contributed by atoms with Crippen LogP contribution in [0.4, 0.5) is 0 Å². The summed E-state index contributed by atoms with van der Waals surface area (Å²) in [4.78, 5) is 26.6. The van der Waals surface area contributed by atoms with Gasteiger partial charge in [0.1, 0.15) is 0 Å². The Kier molecular flexibility index (Phi) is 5.13. The second-order valence-electron chi connectivity index (χ2n) is 3.33. The van der Waals surface area contributed by atoms with Crippen LogP contribution in [0.25, 0.3) is 0 Å². The first kappa shape index (κ1) is 13.2. The van der Waals surface area contributed by atoms with E-state index in [1.807, 2.05) is 0 Å². The molecule has 0 amide bonds. The predicted octanol–water partition coefficient (Wildman–Crippen LogP) is 1.36. The van der Waals surface area contributed by atoms with E-state index >= 15 is 0 Å². The summed E-state index contributed by atoms with van der Waals surface area (Å²) in [5, 5.41) is 0. The average Bonchev–Trinajstić information content (AvgIpc) is 2.36. The minimum Gasteiger partial charge on any atom is -0.466 e. The molecule has 0 fully saturated rings. The van der Waals surface area contributed by atoms with Crippen molar-refractivity contribution in [3.63, 3.8) is 0 Å². The topological polar surface area (TPSA) is 65.5 Å². The van der Waals surface area contributed by atoms with Crippen molar-refractivity contribution in [2.75, 3.05) is 13.7 Å². The van der Waals surface area contributed by atoms with E-state index in [0.29, 0.717) is 24.2 Å². The van der Waals surface area contributed by atoms with E-state index in [1.54, 1.807) is 19.2 Å². The first-order valence-corrected chi connectivity index (χ1v) is 5.35. The van der Waals surface area contributed by atoms with Crippen LogP contribution in [-0.4, -0.2) is 30.6 Å². The summed E-state index contributed by atoms with van der Waals surface area (Å²) in [6.45, 7) is 2.11. The van der Waals surface area contributed by atoms with Crippen molar-refractivity contribution in [1.82, 2.24) is 4.98 Å². The lowest BCUT2D eigenvalue weighted by Crippen LogP contribution is -2.09. The SMILES string of the molecule is CCOC(=O)CCc1cnccc1C(=O)OC. The Bertz CT molecular complexity index is 403. The maximum absolute atomic E-state index is 11.4. The van der Waals surface area contributed by atoms with E-state index < -0.39 is 5.97 Å². The Morgan fingerprint density at radius 2 is 2.18 bits per heavy atom. The molecule has 5 heteroatoms. The van der Waals surface area contributed by atoms with E-state index in [0.717, 1.165) is 0 Å². The van der Waals surface area contributed by atoms with Crippen LogP contribution < -0.4 is 0 Å². The third-order valence-electron chi connectivity index (χ3n) is 2.21. The molecule has 0 aliphatic carbocycles. The first-order chi connectivity index (χ1) is 8.19. The molecular weight excluding hydrogens is 222 g/mol. The van der Waals surface area contributed by atoms with Gasteiger partial charge in [-0.15, -0.1) is 0 Å². The molecule has 0 radical (unpaired) electrons. The molecule has 1 rings (SSSR count). The van der Waals surface area contributed by atoms with Gasteiger partial charge in [-0.2, -0.15) is 0 Å². The van der Waals surface area contributed by atoms with Crippen molar-refractivity contribution in [2.24, 2.45) is 0 Å². The number of carbonyl (C=O) groups is 2. The summed E-state index contributed by atoms with van der Waals surface area (Å²) >= 11 is 0. The van der Waals surface area contributed by atoms with Gasteiger partial charge in [-0.25, -0.2) is 4.79 Å². The van der Waals surface area contributed by atoms with Gasteiger partial charge in [0.05, 0.1) is 19.3 Å². The van der Waals surface area contributed by atoms with Crippen LogP contribution in [0.2, 0.25) is 0 Å². The second kappa shape index (κ2) is 6.62. The number of carbonyl (C=O) groups excluding carboxylic acids is 2. The zero-order valence-electron chi connectivity index (χ0n) is 9.93. The predicted molar refractivity (Wildman–Crippen MR) is 60.5 cm³/mol. The standard InChI is InChI=1S/C12H15NO4/c1-3-17-11(14)5-4-9-8-13-7-6-10(9)12(15)16-2/h6-8H,3-5H2,1-2H3. The molecule has 0 N–H and O–H groups in total. The number of pyridine rings is 1. The number of nitrogens with zero attached hydrogens (tertiary/aromatic N) is 1. The van der Waals surface area contributed by atoms with Crippen LogP contribution >= 0.6 is 0 Å². The minimum atomic E-state index is -0.425. The third kappa shape index (κ3) is 3.86. The molecule has 17 heavy (non-hydrogen) atoms. The number of aromatic nitrogens is 1. The van der Waals surface area contributed by atoms with E-state index in [-0.39, 0.29) is 12.4 Å². The van der Waals surface area contributed by atoms with Gasteiger partial charge in [-0.05, 0) is 25.0 Å². The van der Waals surface area contributed by atoms with Crippen molar-refractivity contribution in [3.05, 3.63) is 29.6 Å². The Labute approximate surface area is 99.8 Å². The van der Waals surface area contributed by atoms with Crippen molar-refractivity contribution in [2.45, 2.75) is 19.8 Å². The van der Waals surface area contributed by atoms with E-state index in [1.165, 1.54) is 13.3 Å². The Hall–Kier alpha value is -1.91. The van der Waals surface area contributed by atoms with Crippen LogP contribution in [0, 0.1) is 0 Å². The van der Waals surface area contributed by atoms with Gasteiger partial charge in [-0.3, -0.25) is 9.78 Å². The van der Waals surface area contributed by atoms with Gasteiger partial charge in [-0.1, -0.05) is 0 Å². The fourth-order valence-corrected chi connectivity index (χ4v) is 1.41. The highest BCUT2D eigenvalue weighted by Gasteiger charge is 2.12. The zero-order valence-corrected chi connectivity index (χ0v) is 9.93. The molecule has 0 saturated heterocycles. The molecule has 1 aromatic rings. The molecule has 0 aliphatic heterocycles. The van der Waals surface area contributed by atoms with Gasteiger partial charge in [0.2, 0.25) is 0 Å². The summed E-state index contributed by atoms with van der Waals surface area (Å²) in [7, 11) is 1.32. The Balaban J connectivity index is 2.70. The van der Waals surface area contributed by atoms with E-state index in [4.69, 9.17) is 4.74 Å². The Morgan fingerprint density at radius 3 is 2.82 bits per heavy atom. The summed E-state index contributed by atoms with van der Waals surface area (Å²) < 4.78 is 9.46. The highest BCUT2D eigenvalue weighted by molar-refractivity contribution is 5.90. The molecule has 5 nitrogen and oxygen atoms in total. The molecule has 0 spiro atoms. The summed E-state index contributed by atoms with van der Waals surface area (Å²) in [6, 6.07) is 1.58. The van der Waals surface area contributed by atoms with Crippen molar-refractivity contribution in [3.8, 4) is 0 Å². The molecule has 0 aliphatic rings. The normalized spacial score (nSPS) is 9.76. The molecule has 1 heterocycles. The number of rotatable bonds is 5. The van der Waals surface area contributed by atoms with Gasteiger partial charge in [0.15, 0.2) is 0 Å². The average molecular weight is 237 g/mol. The number of ether oxygens (including phenoxy) is 2. The van der Waals surface area contributed by atoms with Crippen LogP contribution in [-0.2, 0) is 20.7 Å². The largest absolute Gasteiger partial charge is 0.466 e. The lowest BCUT2D eigenvalue weighted by Gasteiger charge is -2.06. The number of esters is 2. The molecular formula is C12H15NO4. The van der Waals surface area contributed by atoms with Crippen LogP contribution in [0.5, 0.6) is 0 Å². The third-order valence-corrected chi connectivity index (χ3v) is 2.21. The highest BCUT2D eigenvalue weighted by Crippen LogP contribution is 2.11. The fraction of sp³-hybridized carbons (Fsp3) is 0.417. The number of hydrogen-bond donors (Lipinski definition) is 0. The smallest absolute Gasteiger partial charge is 0.338 e. The number of methoxy groups -OCH3 is 1. The minimum absolute atomic E-state index is 0.226. The highest BCUT2D eigenvalue weighted by atomic mass is 16.5. The van der Waals surface area contributed by atoms with Crippen LogP contribution in [0.1, 0.15) is 29.3 Å². The maximum Gasteiger partial charge on any atom is 0.338 e. The lowest BCUT2D eigenvalue weighted by atomic mass is 10.1. The fourth-order valence-electron chi connectivity index (χ4n) is 1.41. The van der Waals surface area contributed by atoms with Gasteiger partial charge in [0, 0.05) is 18.8 Å². The summed E-state index contributed by atoms with van der Waals surface area (Å²) in [6.07, 6.45) is 3.71. The van der Waals surface area contributed by atoms with Gasteiger partial charge < -0.3 is 9.47 Å². The summed E-state index contributed by atoms with van der Waals surface area (Å²) in [5.74, 6) is -0.710. The van der Waals surface area contributed by atoms with Crippen LogP contribution in [0.3, 0.4) is 0 Å². The first-order valence-electron chi connectivity index (χ1n) is 5.35. The molecule has 0 atom stereocenters. The van der Waals surface area contributed by atoms with Crippen molar-refractivity contribution >= 4 is 11.9 Å². The molecule has 1 aromatic heterocycles. The molecule has 0 aromatic carbocycles. The number of hydrogen-bond acceptors (Lipinski definition) is 5. The van der Waals surface area contributed by atoms with Crippen LogP contribution in [0.15, 0.2) is 18.5 Å². The monoisotopic (exact) mass is 237 g/mol. The lowest BCUT2D eigenvalue weighted by molar-refractivity contribution is -0.143. The van der Waals surface area contributed by atoms with Gasteiger partial charge >= 0.3 is 11.9 Å². The molecule has 0 saturated carbocycles. The van der Waals surface area contributed by atoms with Crippen molar-refractivity contribution in [1.29, 1.82) is 0 Å². The molecule has 0 unspecified atom stereocenters. The zero-order chi connectivity index (χ0) is 12.7. The quantitative estimate of drug-likeness (QED) is 0.723. The summed E-state index contributed by atoms with van der Waals surface area (Å²) in [5.41, 5.74) is 1.12. The molecule has 0 bridgehead atoms. The molecule has 92 valence electrons. The Morgan fingerprint density at radius 1 is 1.41 bits per heavy atom. The van der Waals surface area contributed by atoms with Crippen molar-refractivity contribution < 1.29 is 19.1 Å².